The molecule has 0 spiro atoms. The molecule has 0 bridgehead atoms. The second-order valence-electron chi connectivity index (χ2n) is 6.37. The number of nitrogens with one attached hydrogen (secondary N) is 1. The van der Waals surface area contributed by atoms with Gasteiger partial charge in [-0.2, -0.15) is 0 Å². The number of rotatable bonds is 6. The predicted molar refractivity (Wildman–Crippen MR) is 93.8 cm³/mol. The number of aryl methyl sites for hydroxylation is 1. The number of nitrogens with zero attached hydrogens (tertiary/aromatic N) is 6. The van der Waals surface area contributed by atoms with Crippen molar-refractivity contribution in [2.45, 2.75) is 38.0 Å². The molecule has 4 heterocycles. The van der Waals surface area contributed by atoms with Gasteiger partial charge in [-0.15, -0.1) is 0 Å². The zero-order valence-electron chi connectivity index (χ0n) is 14.7. The third-order valence-electron chi connectivity index (χ3n) is 4.72. The standard InChI is InChI=1S/C16H21N7O4/c1-9-17-2-4-22(9)5-3-18-14-11-15(20-7-19-14)23(8-21-11)16-13(26)12(25)10(6-24)27-16/h2,4,7-8,10,12-13,16,24-26H,3,5-6H2,1H3,(H,18,19,20)/t10-,12?,13?,16-/m1/s1. The Hall–Kier alpha value is -2.60. The van der Waals surface area contributed by atoms with Crippen molar-refractivity contribution in [3.05, 3.63) is 30.9 Å². The number of fused-ring (bicyclic) bond motifs is 1. The smallest absolute Gasteiger partial charge is 0.167 e. The van der Waals surface area contributed by atoms with E-state index in [0.717, 1.165) is 5.82 Å². The van der Waals surface area contributed by atoms with Crippen molar-refractivity contribution in [3.8, 4) is 0 Å². The maximum Gasteiger partial charge on any atom is 0.167 e. The highest BCUT2D eigenvalue weighted by Crippen LogP contribution is 2.31. The van der Waals surface area contributed by atoms with E-state index in [4.69, 9.17) is 4.74 Å². The van der Waals surface area contributed by atoms with Gasteiger partial charge >= 0.3 is 0 Å². The molecule has 3 aromatic rings. The minimum absolute atomic E-state index is 0.392. The molecule has 3 aromatic heterocycles. The fourth-order valence-electron chi connectivity index (χ4n) is 3.21. The molecule has 1 saturated heterocycles. The van der Waals surface area contributed by atoms with Crippen LogP contribution in [0.5, 0.6) is 0 Å². The summed E-state index contributed by atoms with van der Waals surface area (Å²) >= 11 is 0. The van der Waals surface area contributed by atoms with Crippen LogP contribution in [0.25, 0.3) is 11.2 Å². The summed E-state index contributed by atoms with van der Waals surface area (Å²) in [7, 11) is 0. The van der Waals surface area contributed by atoms with Crippen LogP contribution in [0.15, 0.2) is 25.0 Å². The van der Waals surface area contributed by atoms with Gasteiger partial charge in [0.1, 0.15) is 30.5 Å². The quantitative estimate of drug-likeness (QED) is 0.429. The highest BCUT2D eigenvalue weighted by Gasteiger charge is 2.44. The molecule has 27 heavy (non-hydrogen) atoms. The zero-order valence-corrected chi connectivity index (χ0v) is 14.7. The lowest BCUT2D eigenvalue weighted by atomic mass is 10.1. The summed E-state index contributed by atoms with van der Waals surface area (Å²) in [5.74, 6) is 1.49. The van der Waals surface area contributed by atoms with Gasteiger partial charge in [0.2, 0.25) is 0 Å². The Bertz CT molecular complexity index is 927. The van der Waals surface area contributed by atoms with Gasteiger partial charge in [0, 0.05) is 25.5 Å². The van der Waals surface area contributed by atoms with E-state index >= 15 is 0 Å². The van der Waals surface area contributed by atoms with E-state index in [2.05, 4.69) is 25.3 Å². The average molecular weight is 375 g/mol. The summed E-state index contributed by atoms with van der Waals surface area (Å²) in [6.45, 7) is 2.87. The third kappa shape index (κ3) is 3.14. The average Bonchev–Trinajstić information content (AvgIpc) is 3.35. The van der Waals surface area contributed by atoms with Crippen LogP contribution in [0.1, 0.15) is 12.1 Å². The Morgan fingerprint density at radius 3 is 2.74 bits per heavy atom. The Labute approximate surface area is 154 Å². The first kappa shape index (κ1) is 17.8. The number of hydrogen-bond acceptors (Lipinski definition) is 9. The number of anilines is 1. The highest BCUT2D eigenvalue weighted by molar-refractivity contribution is 5.82. The number of imidazole rings is 2. The van der Waals surface area contributed by atoms with Crippen LogP contribution in [0.4, 0.5) is 5.82 Å². The van der Waals surface area contributed by atoms with E-state index < -0.39 is 31.1 Å². The van der Waals surface area contributed by atoms with Crippen molar-refractivity contribution >= 4 is 17.0 Å². The van der Waals surface area contributed by atoms with E-state index in [0.29, 0.717) is 30.1 Å². The lowest BCUT2D eigenvalue weighted by Gasteiger charge is -2.16. The van der Waals surface area contributed by atoms with E-state index in [1.807, 2.05) is 17.7 Å². The van der Waals surface area contributed by atoms with Crippen LogP contribution >= 0.6 is 0 Å². The molecule has 2 unspecified atom stereocenters. The van der Waals surface area contributed by atoms with Crippen molar-refractivity contribution < 1.29 is 20.1 Å². The summed E-state index contributed by atoms with van der Waals surface area (Å²) in [5, 5.41) is 32.7. The monoisotopic (exact) mass is 375 g/mol. The SMILES string of the molecule is Cc1nccn1CCNc1ncnc2c1ncn2[C@@H]1O[C@H](CO)C(O)C1O. The van der Waals surface area contributed by atoms with Crippen molar-refractivity contribution in [2.75, 3.05) is 18.5 Å². The van der Waals surface area contributed by atoms with Crippen LogP contribution < -0.4 is 5.32 Å². The molecule has 11 nitrogen and oxygen atoms in total. The largest absolute Gasteiger partial charge is 0.394 e. The molecule has 4 rings (SSSR count). The summed E-state index contributed by atoms with van der Waals surface area (Å²) in [6.07, 6.45) is 2.39. The Morgan fingerprint density at radius 1 is 1.19 bits per heavy atom. The molecule has 1 fully saturated rings. The minimum Gasteiger partial charge on any atom is -0.394 e. The Balaban J connectivity index is 1.54. The summed E-state index contributed by atoms with van der Waals surface area (Å²) in [5.41, 5.74) is 0.985. The lowest BCUT2D eigenvalue weighted by molar-refractivity contribution is -0.0511. The van der Waals surface area contributed by atoms with Crippen LogP contribution in [-0.2, 0) is 11.3 Å². The molecule has 0 aromatic carbocycles. The summed E-state index contributed by atoms with van der Waals surface area (Å²) in [4.78, 5) is 17.0. The van der Waals surface area contributed by atoms with Gasteiger partial charge in [0.05, 0.1) is 12.9 Å². The summed E-state index contributed by atoms with van der Waals surface area (Å²) < 4.78 is 9.10. The molecule has 144 valence electrons. The number of aliphatic hydroxyl groups excluding tert-OH is 3. The third-order valence-corrected chi connectivity index (χ3v) is 4.72. The van der Waals surface area contributed by atoms with Crippen molar-refractivity contribution in [1.82, 2.24) is 29.1 Å². The summed E-state index contributed by atoms with van der Waals surface area (Å²) in [6, 6.07) is 0. The van der Waals surface area contributed by atoms with Crippen molar-refractivity contribution in [2.24, 2.45) is 0 Å². The van der Waals surface area contributed by atoms with Crippen LogP contribution in [-0.4, -0.2) is 75.9 Å². The second kappa shape index (κ2) is 7.19. The van der Waals surface area contributed by atoms with E-state index in [1.54, 1.807) is 6.20 Å². The maximum atomic E-state index is 10.2. The van der Waals surface area contributed by atoms with Gasteiger partial charge in [0.15, 0.2) is 23.2 Å². The van der Waals surface area contributed by atoms with Crippen molar-refractivity contribution in [1.29, 1.82) is 0 Å². The number of aromatic nitrogens is 6. The molecule has 4 atom stereocenters. The van der Waals surface area contributed by atoms with E-state index in [1.165, 1.54) is 17.2 Å². The van der Waals surface area contributed by atoms with Crippen LogP contribution in [0, 0.1) is 6.92 Å². The first-order valence-corrected chi connectivity index (χ1v) is 8.61. The topological polar surface area (TPSA) is 143 Å². The molecular formula is C16H21N7O4. The van der Waals surface area contributed by atoms with Gasteiger partial charge in [-0.3, -0.25) is 4.57 Å². The molecule has 0 radical (unpaired) electrons. The Kier molecular flexibility index (Phi) is 4.74. The van der Waals surface area contributed by atoms with E-state index in [9.17, 15) is 15.3 Å². The highest BCUT2D eigenvalue weighted by atomic mass is 16.6. The molecule has 11 heteroatoms. The number of ether oxygens (including phenoxy) is 1. The van der Waals surface area contributed by atoms with Crippen molar-refractivity contribution in [3.63, 3.8) is 0 Å². The first-order chi connectivity index (χ1) is 13.1. The van der Waals surface area contributed by atoms with Gasteiger partial charge in [-0.1, -0.05) is 0 Å². The molecule has 1 aliphatic heterocycles. The Morgan fingerprint density at radius 2 is 2.04 bits per heavy atom. The normalized spacial score (nSPS) is 25.3. The second-order valence-corrected chi connectivity index (χ2v) is 6.37. The molecular weight excluding hydrogens is 354 g/mol. The molecule has 0 saturated carbocycles. The van der Waals surface area contributed by atoms with E-state index in [-0.39, 0.29) is 0 Å². The van der Waals surface area contributed by atoms with Gasteiger partial charge in [-0.05, 0) is 6.92 Å². The number of hydrogen-bond donors (Lipinski definition) is 4. The van der Waals surface area contributed by atoms with Crippen LogP contribution in [0.2, 0.25) is 0 Å². The molecule has 0 amide bonds. The zero-order chi connectivity index (χ0) is 19.0. The molecule has 0 aliphatic carbocycles. The lowest BCUT2D eigenvalue weighted by Crippen LogP contribution is -2.33. The predicted octanol–water partition coefficient (Wildman–Crippen LogP) is -0.945. The fraction of sp³-hybridized carbons (Fsp3) is 0.500. The maximum absolute atomic E-state index is 10.2. The number of aliphatic hydroxyl groups is 3. The van der Waals surface area contributed by atoms with Crippen LogP contribution in [0.3, 0.4) is 0 Å². The van der Waals surface area contributed by atoms with Gasteiger partial charge in [0.25, 0.3) is 0 Å². The first-order valence-electron chi connectivity index (χ1n) is 8.61. The molecule has 4 N–H and O–H groups in total. The van der Waals surface area contributed by atoms with Gasteiger partial charge in [-0.25, -0.2) is 19.9 Å². The minimum atomic E-state index is -1.20. The van der Waals surface area contributed by atoms with Gasteiger partial charge < -0.3 is 29.9 Å². The fourth-order valence-corrected chi connectivity index (χ4v) is 3.21. The molecule has 1 aliphatic rings.